The Morgan fingerprint density at radius 1 is 1.57 bits per heavy atom. The summed E-state index contributed by atoms with van der Waals surface area (Å²) in [6, 6.07) is -0.576. The molecule has 2 N–H and O–H groups in total. The van der Waals surface area contributed by atoms with E-state index in [4.69, 9.17) is 10.5 Å². The first-order valence-corrected chi connectivity index (χ1v) is 5.85. The molecule has 0 spiro atoms. The highest BCUT2D eigenvalue weighted by Gasteiger charge is 2.26. The van der Waals surface area contributed by atoms with Gasteiger partial charge in [0.2, 0.25) is 0 Å². The van der Waals surface area contributed by atoms with Crippen LogP contribution in [-0.4, -0.2) is 23.9 Å². The Kier molecular flexibility index (Phi) is 4.75. The lowest BCUT2D eigenvalue weighted by Gasteiger charge is -2.29. The van der Waals surface area contributed by atoms with Crippen LogP contribution < -0.4 is 5.73 Å². The van der Waals surface area contributed by atoms with Crippen LogP contribution in [0.4, 0.5) is 0 Å². The molecule has 0 aromatic carbocycles. The minimum Gasteiger partial charge on any atom is -0.461 e. The van der Waals surface area contributed by atoms with Crippen LogP contribution in [-0.2, 0) is 9.53 Å². The van der Waals surface area contributed by atoms with Crippen LogP contribution in [0.3, 0.4) is 0 Å². The third-order valence-electron chi connectivity index (χ3n) is 2.80. The quantitative estimate of drug-likeness (QED) is 0.554. The monoisotopic (exact) mass is 217 g/mol. The van der Waals surface area contributed by atoms with E-state index in [-0.39, 0.29) is 12.1 Å². The predicted octanol–water partition coefficient (Wildman–Crippen LogP) is 1.37. The Morgan fingerprint density at radius 2 is 2.21 bits per heavy atom. The molecule has 3 nitrogen and oxygen atoms in total. The van der Waals surface area contributed by atoms with Gasteiger partial charge in [-0.25, -0.2) is 0 Å². The fraction of sp³-hybridized carbons (Fsp3) is 0.900. The zero-order valence-electron chi connectivity index (χ0n) is 8.61. The van der Waals surface area contributed by atoms with Crippen LogP contribution in [0.15, 0.2) is 0 Å². The van der Waals surface area contributed by atoms with Crippen molar-refractivity contribution in [1.82, 2.24) is 0 Å². The Hall–Kier alpha value is -0.220. The summed E-state index contributed by atoms with van der Waals surface area (Å²) in [6.07, 6.45) is 4.59. The van der Waals surface area contributed by atoms with Crippen LogP contribution in [0.5, 0.6) is 0 Å². The summed E-state index contributed by atoms with van der Waals surface area (Å²) in [5.74, 6) is 0.512. The molecular formula is C10H19NO2S. The predicted molar refractivity (Wildman–Crippen MR) is 59.3 cm³/mol. The van der Waals surface area contributed by atoms with Gasteiger partial charge in [-0.3, -0.25) is 4.79 Å². The molecule has 0 heterocycles. The molecule has 1 fully saturated rings. The number of nitrogens with two attached hydrogens (primary N) is 1. The minimum atomic E-state index is -0.576. The highest BCUT2D eigenvalue weighted by atomic mass is 32.1. The molecule has 1 saturated carbocycles. The lowest BCUT2D eigenvalue weighted by molar-refractivity contribution is -0.154. The molecule has 14 heavy (non-hydrogen) atoms. The smallest absolute Gasteiger partial charge is 0.324 e. The number of thiol groups is 1. The van der Waals surface area contributed by atoms with Crippen LogP contribution >= 0.6 is 12.6 Å². The molecule has 0 saturated heterocycles. The summed E-state index contributed by atoms with van der Waals surface area (Å²) in [5.41, 5.74) is 5.53. The molecule has 0 aliphatic heterocycles. The normalized spacial score (nSPS) is 29.6. The highest BCUT2D eigenvalue weighted by molar-refractivity contribution is 7.80. The average molecular weight is 217 g/mol. The molecule has 3 unspecified atom stereocenters. The third-order valence-corrected chi connectivity index (χ3v) is 3.19. The summed E-state index contributed by atoms with van der Waals surface area (Å²) in [4.78, 5) is 11.4. The molecule has 0 bridgehead atoms. The van der Waals surface area contributed by atoms with E-state index >= 15 is 0 Å². The maximum atomic E-state index is 11.4. The standard InChI is InChI=1S/C10H19NO2S/c1-7-4-2-3-5-9(7)13-10(12)8(11)6-14/h7-9,14H,2-6,11H2,1H3. The topological polar surface area (TPSA) is 52.3 Å². The second-order valence-corrected chi connectivity index (χ2v) is 4.39. The Balaban J connectivity index is 2.38. The van der Waals surface area contributed by atoms with Gasteiger partial charge in [-0.05, 0) is 25.2 Å². The van der Waals surface area contributed by atoms with Gasteiger partial charge in [-0.2, -0.15) is 12.6 Å². The molecule has 0 amide bonds. The van der Waals surface area contributed by atoms with Gasteiger partial charge in [-0.1, -0.05) is 13.3 Å². The molecule has 0 radical (unpaired) electrons. The molecule has 1 rings (SSSR count). The van der Waals surface area contributed by atoms with E-state index in [1.807, 2.05) is 0 Å². The largest absolute Gasteiger partial charge is 0.461 e. The first-order valence-electron chi connectivity index (χ1n) is 5.22. The first kappa shape index (κ1) is 11.9. The molecule has 1 aliphatic carbocycles. The fourth-order valence-corrected chi connectivity index (χ4v) is 1.92. The van der Waals surface area contributed by atoms with Crippen molar-refractivity contribution >= 4 is 18.6 Å². The third kappa shape index (κ3) is 3.17. The Morgan fingerprint density at radius 3 is 2.79 bits per heavy atom. The van der Waals surface area contributed by atoms with E-state index in [1.54, 1.807) is 0 Å². The zero-order valence-corrected chi connectivity index (χ0v) is 9.50. The van der Waals surface area contributed by atoms with Crippen LogP contribution in [0.2, 0.25) is 0 Å². The van der Waals surface area contributed by atoms with Gasteiger partial charge in [0.1, 0.15) is 12.1 Å². The maximum absolute atomic E-state index is 11.4. The molecule has 0 aromatic heterocycles. The van der Waals surface area contributed by atoms with Crippen molar-refractivity contribution in [3.63, 3.8) is 0 Å². The number of rotatable bonds is 3. The molecule has 3 atom stereocenters. The SMILES string of the molecule is CC1CCCCC1OC(=O)C(N)CS. The number of carbonyl (C=O) groups is 1. The maximum Gasteiger partial charge on any atom is 0.324 e. The van der Waals surface area contributed by atoms with E-state index in [9.17, 15) is 4.79 Å². The van der Waals surface area contributed by atoms with E-state index < -0.39 is 6.04 Å². The van der Waals surface area contributed by atoms with Crippen molar-refractivity contribution in [2.45, 2.75) is 44.8 Å². The number of esters is 1. The van der Waals surface area contributed by atoms with Gasteiger partial charge in [0.25, 0.3) is 0 Å². The van der Waals surface area contributed by atoms with Gasteiger partial charge in [0.15, 0.2) is 0 Å². The summed E-state index contributed by atoms with van der Waals surface area (Å²) < 4.78 is 5.34. The molecule has 4 heteroatoms. The average Bonchev–Trinajstić information content (AvgIpc) is 2.20. The Labute approximate surface area is 90.8 Å². The number of hydrogen-bond donors (Lipinski definition) is 2. The van der Waals surface area contributed by atoms with Crippen molar-refractivity contribution in [2.24, 2.45) is 11.7 Å². The van der Waals surface area contributed by atoms with Crippen LogP contribution in [0, 0.1) is 5.92 Å². The van der Waals surface area contributed by atoms with Crippen LogP contribution in [0.1, 0.15) is 32.6 Å². The van der Waals surface area contributed by atoms with Crippen LogP contribution in [0.25, 0.3) is 0 Å². The second kappa shape index (κ2) is 5.61. The van der Waals surface area contributed by atoms with E-state index in [0.717, 1.165) is 19.3 Å². The van der Waals surface area contributed by atoms with Crippen molar-refractivity contribution < 1.29 is 9.53 Å². The number of ether oxygens (including phenoxy) is 1. The lowest BCUT2D eigenvalue weighted by atomic mass is 9.88. The highest BCUT2D eigenvalue weighted by Crippen LogP contribution is 2.26. The molecule has 0 aromatic rings. The molecule has 1 aliphatic rings. The molecular weight excluding hydrogens is 198 g/mol. The second-order valence-electron chi connectivity index (χ2n) is 4.03. The summed E-state index contributed by atoms with van der Waals surface area (Å²) in [7, 11) is 0. The summed E-state index contributed by atoms with van der Waals surface area (Å²) in [6.45, 7) is 2.13. The van der Waals surface area contributed by atoms with Crippen molar-refractivity contribution in [1.29, 1.82) is 0 Å². The summed E-state index contributed by atoms with van der Waals surface area (Å²) >= 11 is 3.97. The van der Waals surface area contributed by atoms with Crippen molar-refractivity contribution in [2.75, 3.05) is 5.75 Å². The van der Waals surface area contributed by atoms with Crippen molar-refractivity contribution in [3.8, 4) is 0 Å². The lowest BCUT2D eigenvalue weighted by Crippen LogP contribution is -2.38. The zero-order chi connectivity index (χ0) is 10.6. The van der Waals surface area contributed by atoms with Gasteiger partial charge >= 0.3 is 5.97 Å². The van der Waals surface area contributed by atoms with Crippen molar-refractivity contribution in [3.05, 3.63) is 0 Å². The van der Waals surface area contributed by atoms with E-state index in [0.29, 0.717) is 11.7 Å². The number of hydrogen-bond acceptors (Lipinski definition) is 4. The first-order chi connectivity index (χ1) is 6.65. The number of carbonyl (C=O) groups excluding carboxylic acids is 1. The van der Waals surface area contributed by atoms with Gasteiger partial charge in [0.05, 0.1) is 0 Å². The van der Waals surface area contributed by atoms with Gasteiger partial charge in [-0.15, -0.1) is 0 Å². The molecule has 82 valence electrons. The Bertz CT molecular complexity index is 199. The van der Waals surface area contributed by atoms with E-state index in [1.165, 1.54) is 6.42 Å². The summed E-state index contributed by atoms with van der Waals surface area (Å²) in [5, 5.41) is 0. The van der Waals surface area contributed by atoms with Gasteiger partial charge < -0.3 is 10.5 Å². The van der Waals surface area contributed by atoms with E-state index in [2.05, 4.69) is 19.6 Å². The minimum absolute atomic E-state index is 0.0715. The van der Waals surface area contributed by atoms with Gasteiger partial charge in [0, 0.05) is 5.75 Å². The fourth-order valence-electron chi connectivity index (χ4n) is 1.77.